The number of hydrogen-bond donors (Lipinski definition) is 1. The van der Waals surface area contributed by atoms with Crippen LogP contribution in [0.25, 0.3) is 0 Å². The van der Waals surface area contributed by atoms with Crippen molar-refractivity contribution in [2.75, 3.05) is 11.9 Å². The summed E-state index contributed by atoms with van der Waals surface area (Å²) in [5.74, 6) is 1.35. The number of nitrogens with zero attached hydrogens (tertiary/aromatic N) is 2. The molecule has 0 saturated heterocycles. The summed E-state index contributed by atoms with van der Waals surface area (Å²) in [4.78, 5) is 8.86. The summed E-state index contributed by atoms with van der Waals surface area (Å²) in [6.45, 7) is 9.22. The molecule has 4 heteroatoms. The molecule has 0 atom stereocenters. The van der Waals surface area contributed by atoms with E-state index in [2.05, 4.69) is 22.2 Å². The van der Waals surface area contributed by atoms with Gasteiger partial charge in [-0.3, -0.25) is 0 Å². The maximum Gasteiger partial charge on any atom is 0.226 e. The number of hydrogen-bond acceptors (Lipinski definition) is 4. The molecule has 0 unspecified atom stereocenters. The third-order valence-corrected chi connectivity index (χ3v) is 3.97. The van der Waals surface area contributed by atoms with Crippen LogP contribution >= 0.6 is 0 Å². The topological polar surface area (TPSA) is 47.0 Å². The quantitative estimate of drug-likeness (QED) is 0.852. The third-order valence-electron chi connectivity index (χ3n) is 3.97. The minimum atomic E-state index is 0.135. The molecule has 0 aromatic carbocycles. The molecule has 1 aliphatic carbocycles. The first-order valence-electron chi connectivity index (χ1n) is 7.29. The van der Waals surface area contributed by atoms with Crippen molar-refractivity contribution in [3.05, 3.63) is 11.8 Å². The van der Waals surface area contributed by atoms with Crippen molar-refractivity contribution in [2.45, 2.75) is 59.5 Å². The number of ether oxygens (including phenoxy) is 1. The predicted octanol–water partition coefficient (Wildman–Crippen LogP) is 3.56. The summed E-state index contributed by atoms with van der Waals surface area (Å²) in [6, 6.07) is 1.88. The molecular formula is C15H25N3O. The first-order chi connectivity index (χ1) is 9.03. The highest BCUT2D eigenvalue weighted by molar-refractivity contribution is 5.31. The molecule has 1 aromatic heterocycles. The number of aromatic nitrogens is 2. The van der Waals surface area contributed by atoms with Gasteiger partial charge >= 0.3 is 0 Å². The monoisotopic (exact) mass is 263 g/mol. The van der Waals surface area contributed by atoms with Crippen LogP contribution in [-0.2, 0) is 0 Å². The van der Waals surface area contributed by atoms with Crippen molar-refractivity contribution in [2.24, 2.45) is 5.41 Å². The van der Waals surface area contributed by atoms with Crippen molar-refractivity contribution in [3.8, 4) is 5.88 Å². The highest BCUT2D eigenvalue weighted by Crippen LogP contribution is 2.43. The zero-order chi connectivity index (χ0) is 13.9. The van der Waals surface area contributed by atoms with E-state index in [0.29, 0.717) is 17.2 Å². The van der Waals surface area contributed by atoms with Crippen molar-refractivity contribution in [1.29, 1.82) is 0 Å². The molecular weight excluding hydrogens is 238 g/mol. The van der Waals surface area contributed by atoms with E-state index < -0.39 is 0 Å². The van der Waals surface area contributed by atoms with Gasteiger partial charge in [0.15, 0.2) is 0 Å². The average molecular weight is 263 g/mol. The SMILES string of the molecule is CCC1(CNc2nc(C)cc(OC(C)C)n2)CCC1. The molecule has 1 heterocycles. The number of aryl methyl sites for hydroxylation is 1. The van der Waals surface area contributed by atoms with Gasteiger partial charge in [0.1, 0.15) is 0 Å². The van der Waals surface area contributed by atoms with Gasteiger partial charge in [-0.1, -0.05) is 13.3 Å². The molecule has 0 amide bonds. The molecule has 1 fully saturated rings. The average Bonchev–Trinajstić information content (AvgIpc) is 2.26. The molecule has 19 heavy (non-hydrogen) atoms. The Bertz CT molecular complexity index is 422. The Morgan fingerprint density at radius 3 is 2.63 bits per heavy atom. The Kier molecular flexibility index (Phi) is 4.27. The maximum absolute atomic E-state index is 5.64. The second-order valence-electron chi connectivity index (χ2n) is 5.90. The number of nitrogens with one attached hydrogen (secondary N) is 1. The molecule has 0 radical (unpaired) electrons. The third kappa shape index (κ3) is 3.58. The lowest BCUT2D eigenvalue weighted by Gasteiger charge is -2.41. The van der Waals surface area contributed by atoms with Gasteiger partial charge in [0.2, 0.25) is 11.8 Å². The smallest absolute Gasteiger partial charge is 0.226 e. The Morgan fingerprint density at radius 1 is 1.37 bits per heavy atom. The molecule has 4 nitrogen and oxygen atoms in total. The molecule has 1 N–H and O–H groups in total. The van der Waals surface area contributed by atoms with Gasteiger partial charge in [-0.25, -0.2) is 4.98 Å². The Labute approximate surface area is 116 Å². The van der Waals surface area contributed by atoms with Gasteiger partial charge in [-0.15, -0.1) is 0 Å². The van der Waals surface area contributed by atoms with E-state index >= 15 is 0 Å². The summed E-state index contributed by atoms with van der Waals surface area (Å²) < 4.78 is 5.64. The Balaban J connectivity index is 2.01. The molecule has 2 rings (SSSR count). The summed E-state index contributed by atoms with van der Waals surface area (Å²) in [5, 5.41) is 3.39. The zero-order valence-electron chi connectivity index (χ0n) is 12.5. The van der Waals surface area contributed by atoms with E-state index in [-0.39, 0.29) is 6.10 Å². The number of anilines is 1. The molecule has 1 aliphatic rings. The lowest BCUT2D eigenvalue weighted by atomic mass is 9.67. The van der Waals surface area contributed by atoms with Gasteiger partial charge in [0.25, 0.3) is 0 Å². The highest BCUT2D eigenvalue weighted by Gasteiger charge is 2.34. The second kappa shape index (κ2) is 5.76. The minimum absolute atomic E-state index is 0.135. The van der Waals surface area contributed by atoms with E-state index in [1.807, 2.05) is 26.8 Å². The van der Waals surface area contributed by atoms with E-state index in [1.54, 1.807) is 0 Å². The van der Waals surface area contributed by atoms with Crippen molar-refractivity contribution >= 4 is 5.95 Å². The van der Waals surface area contributed by atoms with E-state index in [9.17, 15) is 0 Å². The van der Waals surface area contributed by atoms with E-state index in [4.69, 9.17) is 4.74 Å². The van der Waals surface area contributed by atoms with Crippen LogP contribution < -0.4 is 10.1 Å². The molecule has 0 spiro atoms. The fourth-order valence-electron chi connectivity index (χ4n) is 2.52. The van der Waals surface area contributed by atoms with E-state index in [0.717, 1.165) is 12.2 Å². The molecule has 1 aromatic rings. The van der Waals surface area contributed by atoms with Gasteiger partial charge in [0.05, 0.1) is 6.10 Å². The first kappa shape index (κ1) is 14.1. The van der Waals surface area contributed by atoms with Crippen LogP contribution in [0.4, 0.5) is 5.95 Å². The summed E-state index contributed by atoms with van der Waals surface area (Å²) >= 11 is 0. The largest absolute Gasteiger partial charge is 0.475 e. The molecule has 106 valence electrons. The Morgan fingerprint density at radius 2 is 2.11 bits per heavy atom. The van der Waals surface area contributed by atoms with Crippen molar-refractivity contribution in [3.63, 3.8) is 0 Å². The van der Waals surface area contributed by atoms with Gasteiger partial charge in [-0.2, -0.15) is 4.98 Å². The van der Waals surface area contributed by atoms with Crippen LogP contribution in [-0.4, -0.2) is 22.6 Å². The second-order valence-corrected chi connectivity index (χ2v) is 5.90. The summed E-state index contributed by atoms with van der Waals surface area (Å²) in [7, 11) is 0. The molecule has 1 saturated carbocycles. The van der Waals surface area contributed by atoms with Crippen LogP contribution in [0.15, 0.2) is 6.07 Å². The van der Waals surface area contributed by atoms with Crippen LogP contribution in [0.5, 0.6) is 5.88 Å². The lowest BCUT2D eigenvalue weighted by Crippen LogP contribution is -2.36. The van der Waals surface area contributed by atoms with Crippen LogP contribution in [0.2, 0.25) is 0 Å². The summed E-state index contributed by atoms with van der Waals surface area (Å²) in [5.41, 5.74) is 1.40. The molecule has 0 aliphatic heterocycles. The van der Waals surface area contributed by atoms with Gasteiger partial charge in [0, 0.05) is 18.3 Å². The fraction of sp³-hybridized carbons (Fsp3) is 0.733. The van der Waals surface area contributed by atoms with Crippen molar-refractivity contribution in [1.82, 2.24) is 9.97 Å². The maximum atomic E-state index is 5.64. The number of rotatable bonds is 6. The normalized spacial score (nSPS) is 17.1. The standard InChI is InChI=1S/C15H25N3O/c1-5-15(7-6-8-15)10-16-14-17-12(4)9-13(18-14)19-11(2)3/h9,11H,5-8,10H2,1-4H3,(H,16,17,18). The predicted molar refractivity (Wildman–Crippen MR) is 77.6 cm³/mol. The van der Waals surface area contributed by atoms with Crippen LogP contribution in [0.3, 0.4) is 0 Å². The minimum Gasteiger partial charge on any atom is -0.475 e. The van der Waals surface area contributed by atoms with Crippen LogP contribution in [0.1, 0.15) is 52.1 Å². The zero-order valence-corrected chi connectivity index (χ0v) is 12.5. The highest BCUT2D eigenvalue weighted by atomic mass is 16.5. The fourth-order valence-corrected chi connectivity index (χ4v) is 2.52. The van der Waals surface area contributed by atoms with Crippen LogP contribution in [0, 0.1) is 12.3 Å². The Hall–Kier alpha value is -1.32. The van der Waals surface area contributed by atoms with E-state index in [1.165, 1.54) is 25.7 Å². The molecule has 0 bridgehead atoms. The lowest BCUT2D eigenvalue weighted by molar-refractivity contribution is 0.144. The first-order valence-corrected chi connectivity index (χ1v) is 7.29. The van der Waals surface area contributed by atoms with Gasteiger partial charge < -0.3 is 10.1 Å². The van der Waals surface area contributed by atoms with Gasteiger partial charge in [-0.05, 0) is 45.4 Å². The van der Waals surface area contributed by atoms with Crippen molar-refractivity contribution < 1.29 is 4.74 Å². The summed E-state index contributed by atoms with van der Waals surface area (Å²) in [6.07, 6.45) is 5.35.